The first-order valence-corrected chi connectivity index (χ1v) is 9.12. The SMILES string of the molecule is CC(C)CN=C(N)c1cc(C(=O)NCCOc2ccc(C(F)(F)F)cc2F)ccn1. The van der Waals surface area contributed by atoms with Crippen LogP contribution in [-0.4, -0.2) is 36.4 Å². The molecule has 0 aliphatic rings. The van der Waals surface area contributed by atoms with Crippen molar-refractivity contribution >= 4 is 11.7 Å². The zero-order chi connectivity index (χ0) is 22.3. The summed E-state index contributed by atoms with van der Waals surface area (Å²) in [5.74, 6) is -1.36. The highest BCUT2D eigenvalue weighted by atomic mass is 19.4. The van der Waals surface area contributed by atoms with Crippen LogP contribution in [0.4, 0.5) is 17.6 Å². The lowest BCUT2D eigenvalue weighted by Crippen LogP contribution is -2.28. The summed E-state index contributed by atoms with van der Waals surface area (Å²) < 4.78 is 56.4. The van der Waals surface area contributed by atoms with Crippen LogP contribution in [0.2, 0.25) is 0 Å². The second kappa shape index (κ2) is 10.0. The summed E-state index contributed by atoms with van der Waals surface area (Å²) >= 11 is 0. The molecule has 0 radical (unpaired) electrons. The summed E-state index contributed by atoms with van der Waals surface area (Å²) in [5.41, 5.74) is 5.44. The summed E-state index contributed by atoms with van der Waals surface area (Å²) in [6.45, 7) is 4.39. The third-order valence-corrected chi connectivity index (χ3v) is 3.82. The topological polar surface area (TPSA) is 89.6 Å². The fourth-order valence-corrected chi connectivity index (χ4v) is 2.30. The van der Waals surface area contributed by atoms with E-state index in [9.17, 15) is 22.4 Å². The van der Waals surface area contributed by atoms with E-state index >= 15 is 0 Å². The van der Waals surface area contributed by atoms with Crippen LogP contribution >= 0.6 is 0 Å². The van der Waals surface area contributed by atoms with Gasteiger partial charge in [0.1, 0.15) is 18.1 Å². The van der Waals surface area contributed by atoms with Crippen molar-refractivity contribution in [3.8, 4) is 5.75 Å². The maximum atomic E-state index is 13.7. The van der Waals surface area contributed by atoms with Crippen LogP contribution in [0, 0.1) is 11.7 Å². The minimum absolute atomic E-state index is 0.00781. The number of carbonyl (C=O) groups is 1. The molecule has 1 aromatic heterocycles. The van der Waals surface area contributed by atoms with Gasteiger partial charge in [-0.25, -0.2) is 4.39 Å². The van der Waals surface area contributed by atoms with Crippen LogP contribution in [0.3, 0.4) is 0 Å². The molecule has 6 nitrogen and oxygen atoms in total. The Kier molecular flexibility index (Phi) is 7.73. The van der Waals surface area contributed by atoms with E-state index in [0.29, 0.717) is 29.8 Å². The molecule has 3 N–H and O–H groups in total. The monoisotopic (exact) mass is 426 g/mol. The van der Waals surface area contributed by atoms with Crippen LogP contribution in [0.1, 0.15) is 35.5 Å². The van der Waals surface area contributed by atoms with Crippen molar-refractivity contribution in [3.63, 3.8) is 0 Å². The Labute approximate surface area is 171 Å². The fourth-order valence-electron chi connectivity index (χ4n) is 2.30. The number of alkyl halides is 3. The van der Waals surface area contributed by atoms with Gasteiger partial charge in [-0.15, -0.1) is 0 Å². The molecule has 162 valence electrons. The van der Waals surface area contributed by atoms with Gasteiger partial charge in [0.25, 0.3) is 5.91 Å². The first-order chi connectivity index (χ1) is 14.1. The number of amidine groups is 1. The Balaban J connectivity index is 1.90. The van der Waals surface area contributed by atoms with Gasteiger partial charge in [-0.05, 0) is 36.2 Å². The first-order valence-electron chi connectivity index (χ1n) is 9.12. The molecule has 10 heteroatoms. The highest BCUT2D eigenvalue weighted by Gasteiger charge is 2.31. The van der Waals surface area contributed by atoms with Gasteiger partial charge >= 0.3 is 6.18 Å². The summed E-state index contributed by atoms with van der Waals surface area (Å²) in [7, 11) is 0. The van der Waals surface area contributed by atoms with Gasteiger partial charge < -0.3 is 15.8 Å². The molecule has 0 atom stereocenters. The van der Waals surface area contributed by atoms with Crippen molar-refractivity contribution in [1.29, 1.82) is 0 Å². The third kappa shape index (κ3) is 6.71. The maximum Gasteiger partial charge on any atom is 0.416 e. The number of halogens is 4. The normalized spacial score (nSPS) is 12.2. The van der Waals surface area contributed by atoms with Gasteiger partial charge in [-0.2, -0.15) is 13.2 Å². The van der Waals surface area contributed by atoms with Crippen molar-refractivity contribution in [1.82, 2.24) is 10.3 Å². The molecule has 0 bridgehead atoms. The molecule has 0 unspecified atom stereocenters. The van der Waals surface area contributed by atoms with E-state index in [2.05, 4.69) is 15.3 Å². The number of nitrogens with one attached hydrogen (secondary N) is 1. The maximum absolute atomic E-state index is 13.7. The molecular formula is C20H22F4N4O2. The van der Waals surface area contributed by atoms with Crippen molar-refractivity contribution in [3.05, 3.63) is 59.2 Å². The van der Waals surface area contributed by atoms with Crippen LogP contribution in [0.5, 0.6) is 5.75 Å². The first kappa shape index (κ1) is 23.1. The van der Waals surface area contributed by atoms with E-state index < -0.39 is 23.5 Å². The average Bonchev–Trinajstić information content (AvgIpc) is 2.69. The van der Waals surface area contributed by atoms with Crippen LogP contribution in [0.15, 0.2) is 41.5 Å². The number of nitrogens with two attached hydrogens (primary N) is 1. The summed E-state index contributed by atoms with van der Waals surface area (Å²) in [6, 6.07) is 4.96. The van der Waals surface area contributed by atoms with Crippen molar-refractivity contribution in [2.45, 2.75) is 20.0 Å². The number of aromatic nitrogens is 1. The zero-order valence-corrected chi connectivity index (χ0v) is 16.5. The molecule has 2 aromatic rings. The van der Waals surface area contributed by atoms with Crippen molar-refractivity contribution < 1.29 is 27.1 Å². The molecule has 0 saturated heterocycles. The Hall–Kier alpha value is -3.17. The molecule has 0 aliphatic carbocycles. The van der Waals surface area contributed by atoms with Crippen LogP contribution < -0.4 is 15.8 Å². The Bertz CT molecular complexity index is 914. The minimum atomic E-state index is -4.64. The van der Waals surface area contributed by atoms with Crippen molar-refractivity contribution in [2.24, 2.45) is 16.6 Å². The Morgan fingerprint density at radius 3 is 2.63 bits per heavy atom. The molecule has 1 amide bonds. The largest absolute Gasteiger partial charge is 0.489 e. The molecule has 30 heavy (non-hydrogen) atoms. The Morgan fingerprint density at radius 1 is 1.27 bits per heavy atom. The number of rotatable bonds is 8. The smallest absolute Gasteiger partial charge is 0.416 e. The van der Waals surface area contributed by atoms with E-state index in [1.165, 1.54) is 18.3 Å². The van der Waals surface area contributed by atoms with E-state index in [0.717, 1.165) is 12.1 Å². The van der Waals surface area contributed by atoms with E-state index in [-0.39, 0.29) is 24.7 Å². The van der Waals surface area contributed by atoms with Crippen LogP contribution in [0.25, 0.3) is 0 Å². The number of nitrogens with zero attached hydrogens (tertiary/aromatic N) is 2. The quantitative estimate of drug-likeness (QED) is 0.293. The fraction of sp³-hybridized carbons (Fsp3) is 0.350. The summed E-state index contributed by atoms with van der Waals surface area (Å²) in [4.78, 5) is 20.5. The number of pyridine rings is 1. The average molecular weight is 426 g/mol. The summed E-state index contributed by atoms with van der Waals surface area (Å²) in [5, 5.41) is 2.57. The molecule has 0 aliphatic heterocycles. The predicted molar refractivity (Wildman–Crippen MR) is 104 cm³/mol. The zero-order valence-electron chi connectivity index (χ0n) is 16.5. The lowest BCUT2D eigenvalue weighted by Gasteiger charge is -2.11. The number of hydrogen-bond donors (Lipinski definition) is 2. The second-order valence-corrected chi connectivity index (χ2v) is 6.80. The lowest BCUT2D eigenvalue weighted by atomic mass is 10.2. The number of amides is 1. The van der Waals surface area contributed by atoms with E-state index in [4.69, 9.17) is 10.5 Å². The van der Waals surface area contributed by atoms with Crippen LogP contribution in [-0.2, 0) is 6.18 Å². The van der Waals surface area contributed by atoms with Gasteiger partial charge in [0.2, 0.25) is 0 Å². The van der Waals surface area contributed by atoms with Crippen molar-refractivity contribution in [2.75, 3.05) is 19.7 Å². The number of benzene rings is 1. The highest BCUT2D eigenvalue weighted by Crippen LogP contribution is 2.31. The number of aliphatic imine (C=N–C) groups is 1. The number of carbonyl (C=O) groups excluding carboxylic acids is 1. The molecule has 0 spiro atoms. The van der Waals surface area contributed by atoms with E-state index in [1.54, 1.807) is 0 Å². The van der Waals surface area contributed by atoms with Gasteiger partial charge in [0.15, 0.2) is 11.6 Å². The standard InChI is InChI=1S/C20H22F4N4O2/c1-12(2)11-28-18(25)16-9-13(5-6-26-16)19(29)27-7-8-30-17-4-3-14(10-15(17)21)20(22,23)24/h3-6,9-10,12H,7-8,11H2,1-2H3,(H2,25,28)(H,27,29). The second-order valence-electron chi connectivity index (χ2n) is 6.80. The Morgan fingerprint density at radius 2 is 2.00 bits per heavy atom. The molecule has 0 saturated carbocycles. The highest BCUT2D eigenvalue weighted by molar-refractivity contribution is 6.00. The molecule has 1 aromatic carbocycles. The molecule has 1 heterocycles. The van der Waals surface area contributed by atoms with Gasteiger partial charge in [-0.3, -0.25) is 14.8 Å². The predicted octanol–water partition coefficient (Wildman–Crippen LogP) is 3.41. The molecular weight excluding hydrogens is 404 g/mol. The summed E-state index contributed by atoms with van der Waals surface area (Å²) in [6.07, 6.45) is -3.21. The van der Waals surface area contributed by atoms with Gasteiger partial charge in [-0.1, -0.05) is 13.8 Å². The number of ether oxygens (including phenoxy) is 1. The van der Waals surface area contributed by atoms with E-state index in [1.807, 2.05) is 13.8 Å². The molecule has 2 rings (SSSR count). The lowest BCUT2D eigenvalue weighted by molar-refractivity contribution is -0.137. The third-order valence-electron chi connectivity index (χ3n) is 3.82. The van der Waals surface area contributed by atoms with Gasteiger partial charge in [0.05, 0.1) is 12.1 Å². The molecule has 0 fully saturated rings. The number of hydrogen-bond acceptors (Lipinski definition) is 4. The minimum Gasteiger partial charge on any atom is -0.489 e. The van der Waals surface area contributed by atoms with Gasteiger partial charge in [0, 0.05) is 18.3 Å².